The number of aliphatic hydroxyl groups is 1. The van der Waals surface area contributed by atoms with Crippen LogP contribution in [0.2, 0.25) is 0 Å². The monoisotopic (exact) mass is 226 g/mol. The predicted molar refractivity (Wildman–Crippen MR) is 61.1 cm³/mol. The second-order valence-electron chi connectivity index (χ2n) is 5.49. The molecule has 3 heteroatoms. The van der Waals surface area contributed by atoms with Gasteiger partial charge in [-0.2, -0.15) is 0 Å². The van der Waals surface area contributed by atoms with Crippen molar-refractivity contribution in [1.29, 1.82) is 0 Å². The summed E-state index contributed by atoms with van der Waals surface area (Å²) in [7, 11) is 0. The van der Waals surface area contributed by atoms with Crippen molar-refractivity contribution in [1.82, 2.24) is 0 Å². The van der Waals surface area contributed by atoms with E-state index in [9.17, 15) is 9.90 Å². The predicted octanol–water partition coefficient (Wildman–Crippen LogP) is 1.92. The Kier molecular flexibility index (Phi) is 2.32. The van der Waals surface area contributed by atoms with Crippen LogP contribution in [-0.2, 0) is 9.53 Å². The number of hydrogen-bond acceptors (Lipinski definition) is 3. The van der Waals surface area contributed by atoms with E-state index in [1.54, 1.807) is 6.92 Å². The molecule has 0 radical (unpaired) electrons. The fraction of sp³-hybridized carbons (Fsp3) is 0.923. The Morgan fingerprint density at radius 2 is 1.88 bits per heavy atom. The van der Waals surface area contributed by atoms with Crippen molar-refractivity contribution in [2.75, 3.05) is 0 Å². The Morgan fingerprint density at radius 1 is 1.31 bits per heavy atom. The molecule has 92 valence electrons. The maximum Gasteiger partial charge on any atom is 0.170 e. The van der Waals surface area contributed by atoms with Gasteiger partial charge < -0.3 is 9.84 Å². The van der Waals surface area contributed by atoms with Crippen LogP contribution >= 0.6 is 0 Å². The van der Waals surface area contributed by atoms with Crippen molar-refractivity contribution in [3.05, 3.63) is 0 Å². The lowest BCUT2D eigenvalue weighted by molar-refractivity contribution is -0.160. The largest absolute Gasteiger partial charge is 0.386 e. The average Bonchev–Trinajstić information content (AvgIpc) is 2.50. The highest BCUT2D eigenvalue weighted by Gasteiger charge is 2.79. The van der Waals surface area contributed by atoms with Crippen LogP contribution in [-0.4, -0.2) is 28.2 Å². The van der Waals surface area contributed by atoms with Crippen LogP contribution in [0.15, 0.2) is 0 Å². The van der Waals surface area contributed by atoms with E-state index in [1.807, 2.05) is 27.7 Å². The van der Waals surface area contributed by atoms with Gasteiger partial charge in [-0.1, -0.05) is 20.8 Å². The van der Waals surface area contributed by atoms with E-state index in [-0.39, 0.29) is 17.8 Å². The maximum absolute atomic E-state index is 12.3. The van der Waals surface area contributed by atoms with Crippen molar-refractivity contribution >= 4 is 5.78 Å². The molecule has 0 aromatic carbocycles. The van der Waals surface area contributed by atoms with E-state index in [1.165, 1.54) is 0 Å². The molecule has 0 unspecified atom stereocenters. The summed E-state index contributed by atoms with van der Waals surface area (Å²) < 4.78 is 5.83. The van der Waals surface area contributed by atoms with Crippen LogP contribution < -0.4 is 0 Å². The lowest BCUT2D eigenvalue weighted by Gasteiger charge is -2.41. The van der Waals surface area contributed by atoms with Gasteiger partial charge in [-0.3, -0.25) is 4.79 Å². The third-order valence-corrected chi connectivity index (χ3v) is 5.43. The number of ketones is 1. The van der Waals surface area contributed by atoms with Crippen LogP contribution in [0, 0.1) is 11.3 Å². The van der Waals surface area contributed by atoms with E-state index < -0.39 is 16.6 Å². The van der Waals surface area contributed by atoms with E-state index in [4.69, 9.17) is 4.74 Å². The minimum Gasteiger partial charge on any atom is -0.386 e. The molecule has 2 fully saturated rings. The fourth-order valence-corrected chi connectivity index (χ4v) is 4.51. The molecule has 1 aliphatic carbocycles. The Labute approximate surface area is 97.2 Å². The molecule has 1 aliphatic heterocycles. The van der Waals surface area contributed by atoms with Gasteiger partial charge in [-0.15, -0.1) is 0 Å². The molecular weight excluding hydrogens is 204 g/mol. The Hall–Kier alpha value is -0.410. The van der Waals surface area contributed by atoms with Crippen molar-refractivity contribution < 1.29 is 14.6 Å². The van der Waals surface area contributed by atoms with Gasteiger partial charge in [0.25, 0.3) is 0 Å². The number of carbonyl (C=O) groups is 1. The molecule has 1 heterocycles. The average molecular weight is 226 g/mol. The van der Waals surface area contributed by atoms with Gasteiger partial charge in [0.15, 0.2) is 11.4 Å². The van der Waals surface area contributed by atoms with Gasteiger partial charge in [0, 0.05) is 11.3 Å². The third kappa shape index (κ3) is 0.842. The molecular formula is C13H22O3. The Morgan fingerprint density at radius 3 is 2.25 bits per heavy atom. The SMILES string of the molecule is CC[C@@]12[C@H](C)O[C@@](C)(C(=O)[C@H]1C)[C@]2(O)CC. The molecule has 2 bridgehead atoms. The standard InChI is InChI=1S/C13H22O3/c1-6-12-8(3)10(14)11(5,16-9(12)4)13(12,15)7-2/h8-9,15H,6-7H2,1-5H3/t8-,9+,11+,12+,13-/m1/s1. The van der Waals surface area contributed by atoms with Crippen LogP contribution in [0.1, 0.15) is 47.5 Å². The highest BCUT2D eigenvalue weighted by atomic mass is 16.5. The molecule has 1 saturated carbocycles. The van der Waals surface area contributed by atoms with E-state index in [2.05, 4.69) is 0 Å². The summed E-state index contributed by atoms with van der Waals surface area (Å²) in [6.45, 7) is 9.67. The highest BCUT2D eigenvalue weighted by molar-refractivity contribution is 5.95. The van der Waals surface area contributed by atoms with Crippen LogP contribution in [0.4, 0.5) is 0 Å². The summed E-state index contributed by atoms with van der Waals surface area (Å²) in [5.41, 5.74) is -2.42. The molecule has 5 atom stereocenters. The van der Waals surface area contributed by atoms with Crippen LogP contribution in [0.5, 0.6) is 0 Å². The lowest BCUT2D eigenvalue weighted by atomic mass is 9.63. The molecule has 0 amide bonds. The first-order valence-electron chi connectivity index (χ1n) is 6.26. The zero-order chi connectivity index (χ0) is 12.4. The van der Waals surface area contributed by atoms with E-state index in [0.29, 0.717) is 6.42 Å². The van der Waals surface area contributed by atoms with Gasteiger partial charge in [0.1, 0.15) is 5.60 Å². The third-order valence-electron chi connectivity index (χ3n) is 5.43. The minimum atomic E-state index is -1.01. The molecule has 2 rings (SSSR count). The van der Waals surface area contributed by atoms with E-state index in [0.717, 1.165) is 6.42 Å². The summed E-state index contributed by atoms with van der Waals surface area (Å²) >= 11 is 0. The lowest BCUT2D eigenvalue weighted by Crippen LogP contribution is -2.53. The van der Waals surface area contributed by atoms with Gasteiger partial charge >= 0.3 is 0 Å². The second kappa shape index (κ2) is 3.08. The molecule has 16 heavy (non-hydrogen) atoms. The summed E-state index contributed by atoms with van der Waals surface area (Å²) in [6, 6.07) is 0. The number of hydrogen-bond donors (Lipinski definition) is 1. The van der Waals surface area contributed by atoms with Crippen LogP contribution in [0.25, 0.3) is 0 Å². The highest BCUT2D eigenvalue weighted by Crippen LogP contribution is 2.66. The molecule has 2 aliphatic rings. The quantitative estimate of drug-likeness (QED) is 0.782. The number of carbonyl (C=O) groups excluding carboxylic acids is 1. The molecule has 0 aromatic heterocycles. The first-order valence-corrected chi connectivity index (χ1v) is 6.26. The first kappa shape index (κ1) is 12.1. The fourth-order valence-electron chi connectivity index (χ4n) is 4.51. The summed E-state index contributed by atoms with van der Waals surface area (Å²) in [6.07, 6.45) is 1.29. The molecule has 1 N–H and O–H groups in total. The number of ether oxygens (including phenoxy) is 1. The van der Waals surface area contributed by atoms with Gasteiger partial charge in [0.05, 0.1) is 6.10 Å². The van der Waals surface area contributed by atoms with Crippen molar-refractivity contribution in [3.63, 3.8) is 0 Å². The Bertz CT molecular complexity index is 340. The van der Waals surface area contributed by atoms with Crippen molar-refractivity contribution in [2.45, 2.75) is 64.8 Å². The first-order chi connectivity index (χ1) is 7.31. The number of fused-ring (bicyclic) bond motifs is 2. The van der Waals surface area contributed by atoms with Gasteiger partial charge in [-0.05, 0) is 26.7 Å². The Balaban J connectivity index is 2.67. The van der Waals surface area contributed by atoms with Gasteiger partial charge in [0.2, 0.25) is 0 Å². The molecule has 0 spiro atoms. The van der Waals surface area contributed by atoms with E-state index >= 15 is 0 Å². The number of rotatable bonds is 2. The van der Waals surface area contributed by atoms with Crippen molar-refractivity contribution in [2.24, 2.45) is 11.3 Å². The summed E-state index contributed by atoms with van der Waals surface area (Å²) in [4.78, 5) is 12.3. The summed E-state index contributed by atoms with van der Waals surface area (Å²) in [5.74, 6) is -0.0481. The van der Waals surface area contributed by atoms with Gasteiger partial charge in [-0.25, -0.2) is 0 Å². The van der Waals surface area contributed by atoms with Crippen LogP contribution in [0.3, 0.4) is 0 Å². The zero-order valence-corrected chi connectivity index (χ0v) is 10.8. The minimum absolute atomic E-state index is 0.0554. The zero-order valence-electron chi connectivity index (χ0n) is 10.8. The smallest absolute Gasteiger partial charge is 0.170 e. The molecule has 0 aromatic rings. The topological polar surface area (TPSA) is 46.5 Å². The molecule has 1 saturated heterocycles. The number of Topliss-reactive ketones (excluding diaryl/α,β-unsaturated/α-hetero) is 1. The second-order valence-corrected chi connectivity index (χ2v) is 5.49. The van der Waals surface area contributed by atoms with Crippen molar-refractivity contribution in [3.8, 4) is 0 Å². The maximum atomic E-state index is 12.3. The normalized spacial score (nSPS) is 56.0. The molecule has 3 nitrogen and oxygen atoms in total. The summed E-state index contributed by atoms with van der Waals surface area (Å²) in [5, 5.41) is 11.0.